The number of rotatable bonds is 5. The lowest BCUT2D eigenvalue weighted by Gasteiger charge is -2.20. The smallest absolute Gasteiger partial charge is 0.132 e. The molecule has 0 atom stereocenters. The van der Waals surface area contributed by atoms with Crippen molar-refractivity contribution >= 4 is 0 Å². The average molecular weight is 222 g/mol. The third-order valence-corrected chi connectivity index (χ3v) is 3.22. The monoisotopic (exact) mass is 222 g/mol. The molecule has 1 saturated carbocycles. The zero-order valence-electron chi connectivity index (χ0n) is 9.75. The van der Waals surface area contributed by atoms with Gasteiger partial charge in [-0.25, -0.2) is 4.39 Å². The molecule has 2 rings (SSSR count). The fourth-order valence-corrected chi connectivity index (χ4v) is 2.07. The van der Waals surface area contributed by atoms with Crippen LogP contribution >= 0.6 is 0 Å². The molecule has 0 spiro atoms. The van der Waals surface area contributed by atoms with Gasteiger partial charge in [0.2, 0.25) is 0 Å². The van der Waals surface area contributed by atoms with Crippen molar-refractivity contribution in [3.05, 3.63) is 35.1 Å². The van der Waals surface area contributed by atoms with E-state index in [0.717, 1.165) is 12.1 Å². The van der Waals surface area contributed by atoms with Crippen LogP contribution in [0, 0.1) is 5.82 Å². The van der Waals surface area contributed by atoms with Crippen molar-refractivity contribution in [2.75, 3.05) is 6.54 Å². The Morgan fingerprint density at radius 1 is 1.38 bits per heavy atom. The molecular formula is C13H19FN2. The summed E-state index contributed by atoms with van der Waals surface area (Å²) in [5.41, 5.74) is 6.89. The van der Waals surface area contributed by atoms with Crippen molar-refractivity contribution in [1.82, 2.24) is 4.90 Å². The minimum Gasteiger partial charge on any atom is -0.326 e. The molecule has 0 heterocycles. The van der Waals surface area contributed by atoms with Gasteiger partial charge in [-0.15, -0.1) is 0 Å². The van der Waals surface area contributed by atoms with Crippen LogP contribution in [0.3, 0.4) is 0 Å². The highest BCUT2D eigenvalue weighted by Gasteiger charge is 2.28. The first-order valence-corrected chi connectivity index (χ1v) is 5.96. The van der Waals surface area contributed by atoms with Gasteiger partial charge < -0.3 is 5.73 Å². The van der Waals surface area contributed by atoms with Gasteiger partial charge in [-0.1, -0.05) is 25.1 Å². The van der Waals surface area contributed by atoms with Gasteiger partial charge in [-0.05, 0) is 19.4 Å². The molecule has 1 aliphatic rings. The molecule has 1 aromatic rings. The summed E-state index contributed by atoms with van der Waals surface area (Å²) < 4.78 is 13.9. The van der Waals surface area contributed by atoms with Crippen LogP contribution in [-0.4, -0.2) is 17.5 Å². The second kappa shape index (κ2) is 4.93. The number of hydrogen-bond acceptors (Lipinski definition) is 2. The lowest BCUT2D eigenvalue weighted by molar-refractivity contribution is 0.265. The molecule has 0 saturated heterocycles. The van der Waals surface area contributed by atoms with Crippen LogP contribution in [0.5, 0.6) is 0 Å². The van der Waals surface area contributed by atoms with Crippen LogP contribution in [0.1, 0.15) is 30.9 Å². The number of nitrogens with zero attached hydrogens (tertiary/aromatic N) is 1. The van der Waals surface area contributed by atoms with E-state index >= 15 is 0 Å². The maximum absolute atomic E-state index is 13.9. The summed E-state index contributed by atoms with van der Waals surface area (Å²) in [6.45, 7) is 4.09. The third-order valence-electron chi connectivity index (χ3n) is 3.22. The lowest BCUT2D eigenvalue weighted by Crippen LogP contribution is -2.25. The Kier molecular flexibility index (Phi) is 3.56. The van der Waals surface area contributed by atoms with Gasteiger partial charge >= 0.3 is 0 Å². The molecular weight excluding hydrogens is 203 g/mol. The van der Waals surface area contributed by atoms with E-state index in [1.807, 2.05) is 12.1 Å². The quantitative estimate of drug-likeness (QED) is 0.828. The molecule has 0 aromatic heterocycles. The Labute approximate surface area is 96.2 Å². The van der Waals surface area contributed by atoms with Crippen LogP contribution in [0.25, 0.3) is 0 Å². The molecule has 0 aliphatic heterocycles. The molecule has 88 valence electrons. The topological polar surface area (TPSA) is 29.3 Å². The van der Waals surface area contributed by atoms with Crippen molar-refractivity contribution in [1.29, 1.82) is 0 Å². The van der Waals surface area contributed by atoms with Crippen molar-refractivity contribution in [2.24, 2.45) is 5.73 Å². The highest BCUT2D eigenvalue weighted by atomic mass is 19.1. The van der Waals surface area contributed by atoms with E-state index in [0.29, 0.717) is 18.2 Å². The summed E-state index contributed by atoms with van der Waals surface area (Å²) >= 11 is 0. The Bertz CT molecular complexity index is 361. The summed E-state index contributed by atoms with van der Waals surface area (Å²) in [7, 11) is 0. The Hall–Kier alpha value is -0.930. The summed E-state index contributed by atoms with van der Waals surface area (Å²) in [6, 6.07) is 6.18. The minimum absolute atomic E-state index is 0.121. The minimum atomic E-state index is -0.121. The maximum Gasteiger partial charge on any atom is 0.132 e. The van der Waals surface area contributed by atoms with Crippen LogP contribution < -0.4 is 5.73 Å². The Morgan fingerprint density at radius 2 is 2.06 bits per heavy atom. The summed E-state index contributed by atoms with van der Waals surface area (Å²) in [6.07, 6.45) is 2.51. The highest BCUT2D eigenvalue weighted by Crippen LogP contribution is 2.28. The average Bonchev–Trinajstić information content (AvgIpc) is 3.12. The van der Waals surface area contributed by atoms with Crippen LogP contribution in [0.2, 0.25) is 0 Å². The zero-order chi connectivity index (χ0) is 11.5. The largest absolute Gasteiger partial charge is 0.326 e. The number of benzene rings is 1. The van der Waals surface area contributed by atoms with Crippen LogP contribution in [0.4, 0.5) is 4.39 Å². The molecule has 2 nitrogen and oxygen atoms in total. The molecule has 1 aliphatic carbocycles. The Balaban J connectivity index is 2.13. The van der Waals surface area contributed by atoms with Crippen molar-refractivity contribution < 1.29 is 4.39 Å². The molecule has 0 bridgehead atoms. The number of halogens is 1. The lowest BCUT2D eigenvalue weighted by atomic mass is 10.1. The van der Waals surface area contributed by atoms with Gasteiger partial charge in [-0.2, -0.15) is 0 Å². The molecule has 2 N–H and O–H groups in total. The van der Waals surface area contributed by atoms with E-state index in [9.17, 15) is 4.39 Å². The summed E-state index contributed by atoms with van der Waals surface area (Å²) in [5.74, 6) is -0.121. The molecule has 0 radical (unpaired) electrons. The number of hydrogen-bond donors (Lipinski definition) is 1. The van der Waals surface area contributed by atoms with Gasteiger partial charge in [0.25, 0.3) is 0 Å². The highest BCUT2D eigenvalue weighted by molar-refractivity contribution is 5.26. The van der Waals surface area contributed by atoms with Gasteiger partial charge in [0, 0.05) is 30.3 Å². The van der Waals surface area contributed by atoms with E-state index in [2.05, 4.69) is 11.8 Å². The van der Waals surface area contributed by atoms with Crippen molar-refractivity contribution in [3.63, 3.8) is 0 Å². The first kappa shape index (κ1) is 11.6. The molecule has 16 heavy (non-hydrogen) atoms. The second-order valence-electron chi connectivity index (χ2n) is 4.39. The fraction of sp³-hybridized carbons (Fsp3) is 0.538. The van der Waals surface area contributed by atoms with Crippen molar-refractivity contribution in [2.45, 2.75) is 38.9 Å². The predicted molar refractivity (Wildman–Crippen MR) is 63.4 cm³/mol. The summed E-state index contributed by atoms with van der Waals surface area (Å²) in [4.78, 5) is 2.33. The molecule has 3 heteroatoms. The zero-order valence-corrected chi connectivity index (χ0v) is 9.75. The summed E-state index contributed by atoms with van der Waals surface area (Å²) in [5, 5.41) is 0. The van der Waals surface area contributed by atoms with Crippen LogP contribution in [-0.2, 0) is 13.1 Å². The first-order valence-electron chi connectivity index (χ1n) is 5.96. The van der Waals surface area contributed by atoms with E-state index in [-0.39, 0.29) is 12.4 Å². The Morgan fingerprint density at radius 3 is 2.62 bits per heavy atom. The molecule has 0 amide bonds. The van der Waals surface area contributed by atoms with E-state index in [1.54, 1.807) is 6.07 Å². The van der Waals surface area contributed by atoms with Crippen molar-refractivity contribution in [3.8, 4) is 0 Å². The SMILES string of the molecule is CCN(Cc1cccc(CN)c1F)C1CC1. The predicted octanol–water partition coefficient (Wildman–Crippen LogP) is 2.27. The first-order chi connectivity index (χ1) is 7.76. The van der Waals surface area contributed by atoms with Gasteiger partial charge in [-0.3, -0.25) is 4.90 Å². The van der Waals surface area contributed by atoms with Gasteiger partial charge in [0.1, 0.15) is 5.82 Å². The second-order valence-corrected chi connectivity index (χ2v) is 4.39. The molecule has 1 fully saturated rings. The van der Waals surface area contributed by atoms with Crippen LogP contribution in [0.15, 0.2) is 18.2 Å². The van der Waals surface area contributed by atoms with Gasteiger partial charge in [0.15, 0.2) is 0 Å². The van der Waals surface area contributed by atoms with E-state index in [4.69, 9.17) is 5.73 Å². The number of nitrogens with two attached hydrogens (primary N) is 1. The standard InChI is InChI=1S/C13H19FN2/c1-2-16(12-6-7-12)9-11-5-3-4-10(8-15)13(11)14/h3-5,12H,2,6-9,15H2,1H3. The third kappa shape index (κ3) is 2.42. The van der Waals surface area contributed by atoms with E-state index in [1.165, 1.54) is 12.8 Å². The molecule has 0 unspecified atom stereocenters. The maximum atomic E-state index is 13.9. The fourth-order valence-electron chi connectivity index (χ4n) is 2.07. The van der Waals surface area contributed by atoms with E-state index < -0.39 is 0 Å². The van der Waals surface area contributed by atoms with Gasteiger partial charge in [0.05, 0.1) is 0 Å². The molecule has 1 aromatic carbocycles. The normalized spacial score (nSPS) is 15.8.